The summed E-state index contributed by atoms with van der Waals surface area (Å²) in [6.07, 6.45) is 0. The zero-order valence-corrected chi connectivity index (χ0v) is 25.5. The normalized spacial score (nSPS) is 10.9. The molecule has 0 bridgehead atoms. The first-order valence-electron chi connectivity index (χ1n) is 15.4. The number of rotatable bonds is 5. The molecule has 0 aliphatic carbocycles. The molecule has 2 heterocycles. The summed E-state index contributed by atoms with van der Waals surface area (Å²) in [5.74, 6) is 0. The van der Waals surface area contributed by atoms with E-state index in [4.69, 9.17) is 19.9 Å². The van der Waals surface area contributed by atoms with Crippen molar-refractivity contribution in [1.82, 2.24) is 19.9 Å². The molecule has 6 heteroatoms. The zero-order chi connectivity index (χ0) is 32.5. The summed E-state index contributed by atoms with van der Waals surface area (Å²) < 4.78 is 0. The highest BCUT2D eigenvalue weighted by Crippen LogP contribution is 2.35. The molecule has 6 aromatic carbocycles. The highest BCUT2D eigenvalue weighted by molar-refractivity contribution is 5.92. The lowest BCUT2D eigenvalue weighted by molar-refractivity contribution is 1.29. The summed E-state index contributed by atoms with van der Waals surface area (Å²) in [6, 6.07) is 51.6. The first-order chi connectivity index (χ1) is 23.7. The van der Waals surface area contributed by atoms with E-state index in [9.17, 15) is 10.5 Å². The molecular formula is C42H24N6. The molecule has 6 nitrogen and oxygen atoms in total. The Labute approximate surface area is 276 Å². The topological polar surface area (TPSA) is 99.1 Å². The second kappa shape index (κ2) is 12.1. The van der Waals surface area contributed by atoms with Gasteiger partial charge in [0.2, 0.25) is 0 Å². The Kier molecular flexibility index (Phi) is 7.15. The maximum absolute atomic E-state index is 9.34. The number of hydrogen-bond donors (Lipinski definition) is 0. The molecule has 0 saturated carbocycles. The Bertz CT molecular complexity index is 2550. The van der Waals surface area contributed by atoms with Crippen molar-refractivity contribution in [2.75, 3.05) is 0 Å². The molecular weight excluding hydrogens is 589 g/mol. The molecule has 0 unspecified atom stereocenters. The summed E-state index contributed by atoms with van der Waals surface area (Å²) in [6.45, 7) is 0. The maximum Gasteiger partial charge on any atom is 0.0991 e. The van der Waals surface area contributed by atoms with Crippen LogP contribution in [0, 0.1) is 22.7 Å². The number of nitrogens with zero attached hydrogens (tertiary/aromatic N) is 6. The summed E-state index contributed by atoms with van der Waals surface area (Å²) in [5.41, 5.74) is 13.0. The van der Waals surface area contributed by atoms with E-state index < -0.39 is 0 Å². The average molecular weight is 613 g/mol. The Hall–Kier alpha value is -7.02. The third-order valence-corrected chi connectivity index (χ3v) is 8.33. The van der Waals surface area contributed by atoms with Crippen molar-refractivity contribution in [3.8, 4) is 68.3 Å². The van der Waals surface area contributed by atoms with E-state index in [-0.39, 0.29) is 0 Å². The monoisotopic (exact) mass is 612 g/mol. The molecule has 0 aliphatic rings. The molecule has 0 N–H and O–H groups in total. The number of hydrogen-bond acceptors (Lipinski definition) is 6. The Morgan fingerprint density at radius 1 is 0.312 bits per heavy atom. The van der Waals surface area contributed by atoms with Crippen LogP contribution in [-0.4, -0.2) is 19.9 Å². The van der Waals surface area contributed by atoms with Crippen LogP contribution in [0.5, 0.6) is 0 Å². The van der Waals surface area contributed by atoms with Gasteiger partial charge in [0, 0.05) is 22.3 Å². The van der Waals surface area contributed by atoms with Crippen LogP contribution >= 0.6 is 0 Å². The average Bonchev–Trinajstić information content (AvgIpc) is 3.17. The lowest BCUT2D eigenvalue weighted by atomic mass is 10.0. The van der Waals surface area contributed by atoms with Crippen molar-refractivity contribution in [2.45, 2.75) is 0 Å². The Morgan fingerprint density at radius 2 is 0.625 bits per heavy atom. The third-order valence-electron chi connectivity index (χ3n) is 8.33. The van der Waals surface area contributed by atoms with E-state index in [1.165, 1.54) is 0 Å². The fraction of sp³-hybridized carbons (Fsp3) is 0. The SMILES string of the molecule is N#Cc1ccc(-c2nc3ccc(-c4ccc5nc(-c6ccccc6)c(-c6ccc(C#N)cc6)nc5c4)cc3nc2-c2ccccc2)cc1. The number of nitriles is 2. The zero-order valence-electron chi connectivity index (χ0n) is 25.5. The molecule has 8 aromatic rings. The molecule has 0 atom stereocenters. The van der Waals surface area contributed by atoms with Gasteiger partial charge in [-0.1, -0.05) is 97.1 Å². The van der Waals surface area contributed by atoms with Crippen LogP contribution < -0.4 is 0 Å². The largest absolute Gasteiger partial charge is 0.244 e. The van der Waals surface area contributed by atoms with Crippen molar-refractivity contribution in [3.05, 3.63) is 157 Å². The van der Waals surface area contributed by atoms with Crippen LogP contribution in [0.4, 0.5) is 0 Å². The van der Waals surface area contributed by atoms with Gasteiger partial charge in [0.05, 0.1) is 68.1 Å². The van der Waals surface area contributed by atoms with Gasteiger partial charge in [-0.15, -0.1) is 0 Å². The smallest absolute Gasteiger partial charge is 0.0991 e. The van der Waals surface area contributed by atoms with E-state index in [1.54, 1.807) is 24.3 Å². The van der Waals surface area contributed by atoms with Crippen molar-refractivity contribution >= 4 is 22.1 Å². The summed E-state index contributed by atoms with van der Waals surface area (Å²) >= 11 is 0. The Balaban J connectivity index is 1.26. The highest BCUT2D eigenvalue weighted by atomic mass is 14.8. The lowest BCUT2D eigenvalue weighted by Crippen LogP contribution is -1.97. The standard InChI is InChI=1S/C42H24N6/c43-25-27-11-15-31(16-12-27)41-40(30-9-5-2-6-10-30)47-37-23-33(20-22-36(37)46-41)34-19-21-35-38(24-34)48-42(32-17-13-28(26-44)14-18-32)39(45-35)29-7-3-1-4-8-29/h1-24H. The van der Waals surface area contributed by atoms with Crippen LogP contribution in [0.2, 0.25) is 0 Å². The number of benzene rings is 6. The minimum Gasteiger partial charge on any atom is -0.244 e. The van der Waals surface area contributed by atoms with Crippen molar-refractivity contribution in [2.24, 2.45) is 0 Å². The summed E-state index contributed by atoms with van der Waals surface area (Å²) in [5, 5.41) is 18.6. The van der Waals surface area contributed by atoms with Gasteiger partial charge in [-0.3, -0.25) is 0 Å². The van der Waals surface area contributed by atoms with Crippen molar-refractivity contribution in [3.63, 3.8) is 0 Å². The molecule has 0 saturated heterocycles. The molecule has 2 aromatic heterocycles. The second-order valence-corrected chi connectivity index (χ2v) is 11.4. The molecule has 48 heavy (non-hydrogen) atoms. The van der Waals surface area contributed by atoms with Gasteiger partial charge in [-0.2, -0.15) is 10.5 Å². The van der Waals surface area contributed by atoms with Crippen LogP contribution in [0.3, 0.4) is 0 Å². The summed E-state index contributed by atoms with van der Waals surface area (Å²) in [4.78, 5) is 20.4. The number of fused-ring (bicyclic) bond motifs is 2. The van der Waals surface area contributed by atoms with Crippen LogP contribution in [-0.2, 0) is 0 Å². The second-order valence-electron chi connectivity index (χ2n) is 11.4. The molecule has 0 radical (unpaired) electrons. The molecule has 0 aliphatic heterocycles. The van der Waals surface area contributed by atoms with Gasteiger partial charge in [0.1, 0.15) is 0 Å². The van der Waals surface area contributed by atoms with Crippen LogP contribution in [0.25, 0.3) is 78.2 Å². The molecule has 0 spiro atoms. The van der Waals surface area contributed by atoms with Crippen LogP contribution in [0.15, 0.2) is 146 Å². The van der Waals surface area contributed by atoms with Gasteiger partial charge in [-0.05, 0) is 59.7 Å². The quantitative estimate of drug-likeness (QED) is 0.192. The minimum absolute atomic E-state index is 0.592. The predicted molar refractivity (Wildman–Crippen MR) is 189 cm³/mol. The van der Waals surface area contributed by atoms with Gasteiger partial charge in [0.15, 0.2) is 0 Å². The van der Waals surface area contributed by atoms with Crippen LogP contribution in [0.1, 0.15) is 11.1 Å². The Morgan fingerprint density at radius 3 is 0.979 bits per heavy atom. The highest BCUT2D eigenvalue weighted by Gasteiger charge is 2.16. The first kappa shape index (κ1) is 28.5. The van der Waals surface area contributed by atoms with Gasteiger partial charge < -0.3 is 0 Å². The minimum atomic E-state index is 0.592. The van der Waals surface area contributed by atoms with Gasteiger partial charge >= 0.3 is 0 Å². The van der Waals surface area contributed by atoms with E-state index in [0.29, 0.717) is 11.1 Å². The van der Waals surface area contributed by atoms with Crippen molar-refractivity contribution in [1.29, 1.82) is 10.5 Å². The van der Waals surface area contributed by atoms with E-state index >= 15 is 0 Å². The van der Waals surface area contributed by atoms with E-state index in [0.717, 1.165) is 78.2 Å². The number of aromatic nitrogens is 4. The molecule has 0 fully saturated rings. The molecule has 8 rings (SSSR count). The fourth-order valence-corrected chi connectivity index (χ4v) is 5.87. The van der Waals surface area contributed by atoms with Gasteiger partial charge in [-0.25, -0.2) is 19.9 Å². The lowest BCUT2D eigenvalue weighted by Gasteiger charge is -2.13. The van der Waals surface area contributed by atoms with E-state index in [1.807, 2.05) is 97.1 Å². The predicted octanol–water partition coefficient (Wildman–Crippen LogP) is 9.65. The maximum atomic E-state index is 9.34. The van der Waals surface area contributed by atoms with Crippen molar-refractivity contribution < 1.29 is 0 Å². The molecule has 0 amide bonds. The molecule has 222 valence electrons. The fourth-order valence-electron chi connectivity index (χ4n) is 5.87. The first-order valence-corrected chi connectivity index (χ1v) is 15.4. The third kappa shape index (κ3) is 5.30. The van der Waals surface area contributed by atoms with Gasteiger partial charge in [0.25, 0.3) is 0 Å². The van der Waals surface area contributed by atoms with E-state index in [2.05, 4.69) is 36.4 Å². The summed E-state index contributed by atoms with van der Waals surface area (Å²) in [7, 11) is 0.